The Morgan fingerprint density at radius 3 is 0.914 bits per heavy atom. The molecule has 0 spiro atoms. The van der Waals surface area contributed by atoms with Gasteiger partial charge >= 0.3 is 230 Å². The van der Waals surface area contributed by atoms with Gasteiger partial charge in [0.05, 0.1) is 0 Å². The SMILES string of the molecule is CCCCC[CH2][Sn]([CH2]CCCCC)([O]C(C)=O)[O][Sn]([CH2]CCCCC)([CH2]CCCCC)[O]C(C)=O. The number of rotatable bonds is 24. The van der Waals surface area contributed by atoms with E-state index in [1.165, 1.54) is 51.4 Å². The second-order valence-electron chi connectivity index (χ2n) is 10.4. The molecule has 0 aliphatic heterocycles. The maximum absolute atomic E-state index is 12.4. The van der Waals surface area contributed by atoms with E-state index in [-0.39, 0.29) is 11.9 Å². The zero-order chi connectivity index (χ0) is 26.4. The fourth-order valence-corrected chi connectivity index (χ4v) is 45.2. The molecule has 0 saturated heterocycles. The first kappa shape index (κ1) is 35.5. The summed E-state index contributed by atoms with van der Waals surface area (Å²) in [6.07, 6.45) is 18.3. The fourth-order valence-electron chi connectivity index (χ4n) is 4.85. The quantitative estimate of drug-likeness (QED) is 0.0738. The molecule has 208 valence electrons. The molecule has 0 fully saturated rings. The molecule has 7 heteroatoms. The van der Waals surface area contributed by atoms with Crippen molar-refractivity contribution in [2.45, 2.75) is 162 Å². The molecular weight excluding hydrogens is 654 g/mol. The van der Waals surface area contributed by atoms with E-state index >= 15 is 0 Å². The van der Waals surface area contributed by atoms with Crippen molar-refractivity contribution >= 4 is 50.3 Å². The second kappa shape index (κ2) is 22.5. The zero-order valence-electron chi connectivity index (χ0n) is 24.2. The van der Waals surface area contributed by atoms with Gasteiger partial charge in [-0.1, -0.05) is 0 Å². The fraction of sp³-hybridized carbons (Fsp3) is 0.929. The first-order valence-corrected chi connectivity index (χ1v) is 27.6. The maximum atomic E-state index is 12.4. The van der Waals surface area contributed by atoms with Crippen molar-refractivity contribution < 1.29 is 17.1 Å². The molecular formula is C28H58O5Sn2. The average molecular weight is 712 g/mol. The van der Waals surface area contributed by atoms with Gasteiger partial charge in [-0.05, 0) is 0 Å². The van der Waals surface area contributed by atoms with Gasteiger partial charge in [0.1, 0.15) is 0 Å². The first-order chi connectivity index (χ1) is 16.8. The Hall–Kier alpha value is 0.497. The van der Waals surface area contributed by atoms with Gasteiger partial charge in [-0.25, -0.2) is 0 Å². The van der Waals surface area contributed by atoms with Crippen molar-refractivity contribution in [3.8, 4) is 0 Å². The Labute approximate surface area is 228 Å². The van der Waals surface area contributed by atoms with E-state index in [2.05, 4.69) is 27.7 Å². The van der Waals surface area contributed by atoms with Crippen LogP contribution in [0.5, 0.6) is 0 Å². The molecule has 0 heterocycles. The molecule has 35 heavy (non-hydrogen) atoms. The standard InChI is InChI=1S/4C6H13.2C2H4O2.O.2Sn/c4*1-3-5-6-4-2;2*1-2(3)4;;;/h4*1,3-6H2,2H3;2*1H3,(H,3,4);;;/q;;;;;;;2*+1/p-2. The van der Waals surface area contributed by atoms with Crippen molar-refractivity contribution in [3.05, 3.63) is 0 Å². The third kappa shape index (κ3) is 18.4. The third-order valence-corrected chi connectivity index (χ3v) is 39.5. The Balaban J connectivity index is 6.03. The van der Waals surface area contributed by atoms with Gasteiger partial charge in [0.15, 0.2) is 0 Å². The van der Waals surface area contributed by atoms with Crippen LogP contribution in [0, 0.1) is 0 Å². The molecule has 0 N–H and O–H groups in total. The molecule has 5 nitrogen and oxygen atoms in total. The van der Waals surface area contributed by atoms with Crippen LogP contribution in [0.15, 0.2) is 0 Å². The molecule has 0 aliphatic carbocycles. The summed E-state index contributed by atoms with van der Waals surface area (Å²) in [5.74, 6) is -0.404. The molecule has 0 aliphatic rings. The van der Waals surface area contributed by atoms with E-state index in [1.54, 1.807) is 13.8 Å². The molecule has 0 amide bonds. The predicted molar refractivity (Wildman–Crippen MR) is 152 cm³/mol. The number of hydrogen-bond donors (Lipinski definition) is 0. The normalized spacial score (nSPS) is 12.1. The summed E-state index contributed by atoms with van der Waals surface area (Å²) in [4.78, 5) is 24.8. The minimum atomic E-state index is -3.79. The van der Waals surface area contributed by atoms with Crippen molar-refractivity contribution in [1.29, 1.82) is 0 Å². The molecule has 0 bridgehead atoms. The monoisotopic (exact) mass is 714 g/mol. The van der Waals surface area contributed by atoms with Crippen LogP contribution in [0.1, 0.15) is 144 Å². The molecule has 0 unspecified atom stereocenters. The molecule has 0 aromatic heterocycles. The summed E-state index contributed by atoms with van der Waals surface area (Å²) in [6.45, 7) is 12.0. The topological polar surface area (TPSA) is 61.8 Å². The summed E-state index contributed by atoms with van der Waals surface area (Å²) in [5, 5.41) is 0. The van der Waals surface area contributed by atoms with Crippen molar-refractivity contribution in [1.82, 2.24) is 0 Å². The van der Waals surface area contributed by atoms with Gasteiger partial charge in [0, 0.05) is 0 Å². The van der Waals surface area contributed by atoms with E-state index in [0.717, 1.165) is 69.1 Å². The Morgan fingerprint density at radius 1 is 0.457 bits per heavy atom. The molecule has 0 saturated carbocycles. The van der Waals surface area contributed by atoms with Crippen LogP contribution >= 0.6 is 0 Å². The summed E-state index contributed by atoms with van der Waals surface area (Å²) < 4.78 is 23.5. The first-order valence-electron chi connectivity index (χ1n) is 14.9. The van der Waals surface area contributed by atoms with Crippen molar-refractivity contribution in [2.75, 3.05) is 0 Å². The summed E-state index contributed by atoms with van der Waals surface area (Å²) >= 11 is -7.59. The average Bonchev–Trinajstić information content (AvgIpc) is 2.79. The molecule has 0 aromatic carbocycles. The van der Waals surface area contributed by atoms with Gasteiger partial charge in [-0.2, -0.15) is 0 Å². The van der Waals surface area contributed by atoms with Crippen LogP contribution in [0.2, 0.25) is 17.7 Å². The number of carbonyl (C=O) groups is 2. The number of unbranched alkanes of at least 4 members (excludes halogenated alkanes) is 12. The summed E-state index contributed by atoms with van der Waals surface area (Å²) in [5.41, 5.74) is 0. The van der Waals surface area contributed by atoms with E-state index in [4.69, 9.17) is 7.56 Å². The predicted octanol–water partition coefficient (Wildman–Crippen LogP) is 9.33. The van der Waals surface area contributed by atoms with Crippen LogP contribution < -0.4 is 0 Å². The second-order valence-corrected chi connectivity index (χ2v) is 32.1. The molecule has 0 aromatic rings. The summed E-state index contributed by atoms with van der Waals surface area (Å²) in [7, 11) is 0. The van der Waals surface area contributed by atoms with Gasteiger partial charge in [-0.15, -0.1) is 0 Å². The van der Waals surface area contributed by atoms with Gasteiger partial charge in [0.25, 0.3) is 0 Å². The Bertz CT molecular complexity index is 471. The molecule has 0 rings (SSSR count). The van der Waals surface area contributed by atoms with Crippen LogP contribution in [0.25, 0.3) is 0 Å². The van der Waals surface area contributed by atoms with Crippen LogP contribution in [0.4, 0.5) is 0 Å². The minimum absolute atomic E-state index is 0.202. The molecule has 0 radical (unpaired) electrons. The van der Waals surface area contributed by atoms with Crippen molar-refractivity contribution in [3.63, 3.8) is 0 Å². The Kier molecular flexibility index (Phi) is 22.8. The van der Waals surface area contributed by atoms with Crippen LogP contribution in [0.3, 0.4) is 0 Å². The third-order valence-electron chi connectivity index (χ3n) is 6.68. The van der Waals surface area contributed by atoms with E-state index < -0.39 is 38.4 Å². The Morgan fingerprint density at radius 2 is 0.714 bits per heavy atom. The van der Waals surface area contributed by atoms with Gasteiger partial charge < -0.3 is 0 Å². The number of hydrogen-bond acceptors (Lipinski definition) is 5. The molecule has 0 atom stereocenters. The van der Waals surface area contributed by atoms with Crippen LogP contribution in [-0.4, -0.2) is 50.3 Å². The van der Waals surface area contributed by atoms with E-state index in [9.17, 15) is 9.59 Å². The van der Waals surface area contributed by atoms with Crippen LogP contribution in [-0.2, 0) is 17.1 Å². The zero-order valence-corrected chi connectivity index (χ0v) is 29.9. The van der Waals surface area contributed by atoms with E-state index in [0.29, 0.717) is 0 Å². The van der Waals surface area contributed by atoms with E-state index in [1.807, 2.05) is 0 Å². The van der Waals surface area contributed by atoms with Gasteiger partial charge in [-0.3, -0.25) is 0 Å². The van der Waals surface area contributed by atoms with Crippen molar-refractivity contribution in [2.24, 2.45) is 0 Å². The summed E-state index contributed by atoms with van der Waals surface area (Å²) in [6, 6.07) is 0. The van der Waals surface area contributed by atoms with Gasteiger partial charge in [0.2, 0.25) is 0 Å². The number of carbonyl (C=O) groups excluding carboxylic acids is 2.